The molecule has 0 spiro atoms. The fraction of sp³-hybridized carbons (Fsp3) is 0.515. The number of allylic oxidation sites excluding steroid dienone is 4. The van der Waals surface area contributed by atoms with Crippen LogP contribution in [0, 0.1) is 11.3 Å². The fourth-order valence-electron chi connectivity index (χ4n) is 7.52. The van der Waals surface area contributed by atoms with Gasteiger partial charge in [0, 0.05) is 53.7 Å². The molecule has 0 radical (unpaired) electrons. The molecule has 1 aromatic heterocycles. The van der Waals surface area contributed by atoms with E-state index >= 15 is 0 Å². The summed E-state index contributed by atoms with van der Waals surface area (Å²) in [7, 11) is 3.51. The van der Waals surface area contributed by atoms with E-state index in [4.69, 9.17) is 9.47 Å². The fourth-order valence-corrected chi connectivity index (χ4v) is 9.83. The summed E-state index contributed by atoms with van der Waals surface area (Å²) in [5, 5.41) is 7.37. The Kier molecular flexibility index (Phi) is 8.05. The maximum absolute atomic E-state index is 6.93. The normalized spacial score (nSPS) is 29.1. The number of ether oxygens (including phenoxy) is 2. The van der Waals surface area contributed by atoms with Crippen LogP contribution in [0.25, 0.3) is 10.1 Å². The summed E-state index contributed by atoms with van der Waals surface area (Å²) < 4.78 is 15.0. The number of halogens is 1. The van der Waals surface area contributed by atoms with Crippen molar-refractivity contribution in [3.05, 3.63) is 62.5 Å². The number of fused-ring (bicyclic) bond motifs is 4. The first-order valence-corrected chi connectivity index (χ1v) is 16.3. The Morgan fingerprint density at radius 2 is 2.05 bits per heavy atom. The topological polar surface area (TPSA) is 49.7 Å². The zero-order valence-corrected chi connectivity index (χ0v) is 27.1. The lowest BCUT2D eigenvalue weighted by Crippen LogP contribution is -2.45. The van der Waals surface area contributed by atoms with Gasteiger partial charge in [-0.2, -0.15) is 5.10 Å². The van der Waals surface area contributed by atoms with Crippen LogP contribution in [0.1, 0.15) is 49.5 Å². The highest BCUT2D eigenvalue weighted by Gasteiger charge is 2.51. The van der Waals surface area contributed by atoms with Gasteiger partial charge in [-0.05, 0) is 90.5 Å². The molecule has 6 rings (SSSR count). The molecule has 4 aliphatic rings. The first-order chi connectivity index (χ1) is 19.8. The quantitative estimate of drug-likeness (QED) is 0.120. The molecule has 2 aromatic rings. The van der Waals surface area contributed by atoms with Gasteiger partial charge in [-0.3, -0.25) is 10.0 Å². The largest absolute Gasteiger partial charge is 0.497 e. The molecule has 1 aromatic carbocycles. The Bertz CT molecular complexity index is 1450. The number of hydrogen-bond acceptors (Lipinski definition) is 6. The second kappa shape index (κ2) is 11.4. The predicted octanol–water partition coefficient (Wildman–Crippen LogP) is 7.17. The highest BCUT2D eigenvalue weighted by atomic mass is 79.9. The van der Waals surface area contributed by atoms with Crippen LogP contribution in [-0.4, -0.2) is 75.5 Å². The summed E-state index contributed by atoms with van der Waals surface area (Å²) in [4.78, 5) is 8.17. The van der Waals surface area contributed by atoms with E-state index in [9.17, 15) is 0 Å². The van der Waals surface area contributed by atoms with Crippen molar-refractivity contribution in [3.63, 3.8) is 0 Å². The minimum atomic E-state index is -0.479. The average molecular weight is 638 g/mol. The number of aliphatic imine (C=N–C) groups is 1. The molecule has 0 N–H and O–H groups in total. The standard InChI is InChI=1S/C33H41BrN4O2S/c1-32-19-26-23-9-8-22(39-5)18-28(23)41-31(26)25-10-12-33(2,40-17-16-37-13-6-7-14-37)30(29(25)32)24(27(34)20-32)11-15-38(36-4)21-35-3/h8-10,12,18,20-21,24-25H,4,6-7,11,13-17,19H2,1-3,5H3. The van der Waals surface area contributed by atoms with E-state index in [1.54, 1.807) is 20.5 Å². The van der Waals surface area contributed by atoms with Crippen LogP contribution in [0.4, 0.5) is 0 Å². The molecule has 0 saturated carbocycles. The molecule has 0 bridgehead atoms. The van der Waals surface area contributed by atoms with Crippen LogP contribution < -0.4 is 4.74 Å². The summed E-state index contributed by atoms with van der Waals surface area (Å²) >= 11 is 6.01. The van der Waals surface area contributed by atoms with Gasteiger partial charge in [-0.15, -0.1) is 11.3 Å². The van der Waals surface area contributed by atoms with Crippen molar-refractivity contribution in [1.29, 1.82) is 0 Å². The molecule has 1 fully saturated rings. The molecule has 2 heterocycles. The lowest BCUT2D eigenvalue weighted by atomic mass is 9.56. The van der Waals surface area contributed by atoms with E-state index in [1.807, 2.05) is 16.3 Å². The summed E-state index contributed by atoms with van der Waals surface area (Å²) in [6, 6.07) is 6.54. The molecule has 6 nitrogen and oxygen atoms in total. The van der Waals surface area contributed by atoms with Crippen LogP contribution >= 0.6 is 27.3 Å². The molecule has 4 unspecified atom stereocenters. The molecule has 41 heavy (non-hydrogen) atoms. The molecule has 218 valence electrons. The SMILES string of the molecule is C=NN(C=NC)CCC1C(Br)=CC2(C)Cc3c(sc4cc(OC)ccc34)C3C=CC(C)(OCCN4CCCC4)C1=C32. The third-order valence-electron chi connectivity index (χ3n) is 9.44. The number of nitrogens with zero attached hydrogens (tertiary/aromatic N) is 4. The van der Waals surface area contributed by atoms with E-state index in [0.717, 1.165) is 38.3 Å². The van der Waals surface area contributed by atoms with Crippen LogP contribution in [-0.2, 0) is 11.2 Å². The smallest absolute Gasteiger partial charge is 0.120 e. The third kappa shape index (κ3) is 5.15. The van der Waals surface area contributed by atoms with E-state index < -0.39 is 5.60 Å². The van der Waals surface area contributed by atoms with Crippen LogP contribution in [0.15, 0.2) is 62.1 Å². The minimum absolute atomic E-state index is 0.109. The van der Waals surface area contributed by atoms with Crippen molar-refractivity contribution in [2.45, 2.75) is 51.0 Å². The van der Waals surface area contributed by atoms with Gasteiger partial charge in [0.2, 0.25) is 0 Å². The van der Waals surface area contributed by atoms with Crippen molar-refractivity contribution >= 4 is 50.4 Å². The van der Waals surface area contributed by atoms with Crippen molar-refractivity contribution in [1.82, 2.24) is 9.91 Å². The number of rotatable bonds is 10. The van der Waals surface area contributed by atoms with Crippen molar-refractivity contribution in [3.8, 4) is 5.75 Å². The molecule has 4 atom stereocenters. The van der Waals surface area contributed by atoms with E-state index in [-0.39, 0.29) is 17.3 Å². The van der Waals surface area contributed by atoms with Crippen LogP contribution in [0.3, 0.4) is 0 Å². The number of thiophene rings is 1. The molecule has 0 amide bonds. The number of hydrazone groups is 1. The Labute approximate surface area is 256 Å². The highest BCUT2D eigenvalue weighted by molar-refractivity contribution is 9.11. The lowest BCUT2D eigenvalue weighted by Gasteiger charge is -2.51. The van der Waals surface area contributed by atoms with Crippen molar-refractivity contribution in [2.75, 3.05) is 46.9 Å². The van der Waals surface area contributed by atoms with Crippen molar-refractivity contribution in [2.24, 2.45) is 21.4 Å². The van der Waals surface area contributed by atoms with Gasteiger partial charge in [0.25, 0.3) is 0 Å². The highest BCUT2D eigenvalue weighted by Crippen LogP contribution is 2.62. The Hall–Kier alpha value is -2.26. The van der Waals surface area contributed by atoms with Crippen LogP contribution in [0.5, 0.6) is 5.75 Å². The zero-order chi connectivity index (χ0) is 28.8. The monoisotopic (exact) mass is 636 g/mol. The molecule has 3 aliphatic carbocycles. The third-order valence-corrected chi connectivity index (χ3v) is 11.5. The second-order valence-corrected chi connectivity index (χ2v) is 14.1. The molecular formula is C33H41BrN4O2S. The maximum atomic E-state index is 6.93. The maximum Gasteiger partial charge on any atom is 0.120 e. The van der Waals surface area contributed by atoms with Gasteiger partial charge >= 0.3 is 0 Å². The Balaban J connectivity index is 1.43. The summed E-state index contributed by atoms with van der Waals surface area (Å²) in [5.74, 6) is 1.34. The number of benzene rings is 1. The number of methoxy groups -OCH3 is 1. The molecule has 1 aliphatic heterocycles. The first-order valence-electron chi connectivity index (χ1n) is 14.7. The van der Waals surface area contributed by atoms with Gasteiger partial charge < -0.3 is 14.4 Å². The van der Waals surface area contributed by atoms with Crippen LogP contribution in [0.2, 0.25) is 0 Å². The van der Waals surface area contributed by atoms with Gasteiger partial charge in [0.05, 0.1) is 13.7 Å². The molecule has 1 saturated heterocycles. The summed E-state index contributed by atoms with van der Waals surface area (Å²) in [6.45, 7) is 13.3. The first kappa shape index (κ1) is 28.8. The van der Waals surface area contributed by atoms with Crippen molar-refractivity contribution < 1.29 is 9.47 Å². The van der Waals surface area contributed by atoms with Gasteiger partial charge in [-0.1, -0.05) is 41.1 Å². The van der Waals surface area contributed by atoms with E-state index in [0.29, 0.717) is 0 Å². The number of likely N-dealkylation sites (tertiary alicyclic amines) is 1. The van der Waals surface area contributed by atoms with E-state index in [2.05, 4.69) is 87.9 Å². The zero-order valence-electron chi connectivity index (χ0n) is 24.7. The Morgan fingerprint density at radius 1 is 1.24 bits per heavy atom. The average Bonchev–Trinajstić information content (AvgIpc) is 3.60. The predicted molar refractivity (Wildman–Crippen MR) is 175 cm³/mol. The number of hydrogen-bond donors (Lipinski definition) is 0. The van der Waals surface area contributed by atoms with E-state index in [1.165, 1.54) is 62.1 Å². The van der Waals surface area contributed by atoms with Gasteiger partial charge in [0.15, 0.2) is 0 Å². The molecular weight excluding hydrogens is 596 g/mol. The summed E-state index contributed by atoms with van der Waals surface area (Å²) in [6.07, 6.45) is 13.5. The van der Waals surface area contributed by atoms with Gasteiger partial charge in [-0.25, -0.2) is 0 Å². The molecule has 8 heteroatoms. The Morgan fingerprint density at radius 3 is 2.78 bits per heavy atom. The minimum Gasteiger partial charge on any atom is -0.497 e. The lowest BCUT2D eigenvalue weighted by molar-refractivity contribution is 0.0121. The van der Waals surface area contributed by atoms with Gasteiger partial charge in [0.1, 0.15) is 17.7 Å². The summed E-state index contributed by atoms with van der Waals surface area (Å²) in [5.41, 5.74) is 3.82. The second-order valence-electron chi connectivity index (χ2n) is 12.1.